The van der Waals surface area contributed by atoms with Gasteiger partial charge in [-0.2, -0.15) is 0 Å². The summed E-state index contributed by atoms with van der Waals surface area (Å²) in [5, 5.41) is 6.74. The number of Topliss-reactive ketones (excluding diaryl/α,β-unsaturated/α-hetero) is 1. The Bertz CT molecular complexity index is 942. The van der Waals surface area contributed by atoms with Crippen molar-refractivity contribution in [1.29, 1.82) is 0 Å². The molecule has 3 aromatic carbocycles. The molecule has 0 heterocycles. The van der Waals surface area contributed by atoms with Crippen molar-refractivity contribution in [3.8, 4) is 0 Å². The molecule has 1 unspecified atom stereocenters. The monoisotopic (exact) mass is 401 g/mol. The van der Waals surface area contributed by atoms with E-state index in [4.69, 9.17) is 0 Å². The van der Waals surface area contributed by atoms with Crippen molar-refractivity contribution in [2.75, 3.05) is 23.4 Å². The highest BCUT2D eigenvalue weighted by Crippen LogP contribution is 2.23. The summed E-state index contributed by atoms with van der Waals surface area (Å²) in [4.78, 5) is 27.1. The average molecular weight is 402 g/mol. The molecule has 0 bridgehead atoms. The molecule has 3 aromatic rings. The molecule has 1 atom stereocenters. The second-order valence-electron chi connectivity index (χ2n) is 6.81. The number of carbonyl (C=O) groups is 2. The van der Waals surface area contributed by atoms with E-state index in [0.29, 0.717) is 24.3 Å². The Labute approximate surface area is 177 Å². The highest BCUT2D eigenvalue weighted by molar-refractivity contribution is 6.19. The van der Waals surface area contributed by atoms with Gasteiger partial charge in [0, 0.05) is 24.3 Å². The Morgan fingerprint density at radius 3 is 1.80 bits per heavy atom. The number of carbonyl (C=O) groups excluding carboxylic acids is 2. The lowest BCUT2D eigenvalue weighted by molar-refractivity contribution is -0.117. The smallest absolute Gasteiger partial charge is 0.256 e. The normalized spacial score (nSPS) is 11.7. The maximum Gasteiger partial charge on any atom is 0.256 e. The average Bonchev–Trinajstić information content (AvgIpc) is 2.80. The molecule has 0 aliphatic heterocycles. The topological polar surface area (TPSA) is 52.6 Å². The predicted octanol–water partition coefficient (Wildman–Crippen LogP) is 4.64. The Balaban J connectivity index is 2.07. The molecule has 0 radical (unpaired) electrons. The summed E-state index contributed by atoms with van der Waals surface area (Å²) in [6.07, 6.45) is 0. The molecule has 0 aliphatic rings. The molecule has 1 amide bonds. The summed E-state index contributed by atoms with van der Waals surface area (Å²) in [6, 6.07) is 26.7. The Morgan fingerprint density at radius 1 is 0.767 bits per heavy atom. The van der Waals surface area contributed by atoms with Crippen LogP contribution in [0.25, 0.3) is 0 Å². The molecular weight excluding hydrogens is 374 g/mol. The van der Waals surface area contributed by atoms with Crippen LogP contribution in [0, 0.1) is 0 Å². The number of nitrogens with one attached hydrogen (secondary N) is 1. The fourth-order valence-corrected chi connectivity index (χ4v) is 3.42. The third-order valence-electron chi connectivity index (χ3n) is 4.90. The number of hydrogen-bond acceptors (Lipinski definition) is 4. The molecule has 1 N–H and O–H groups in total. The molecule has 3 rings (SSSR count). The number of rotatable bonds is 9. The molecule has 0 spiro atoms. The van der Waals surface area contributed by atoms with Gasteiger partial charge in [-0.25, -0.2) is 5.01 Å². The fraction of sp³-hybridized carbons (Fsp3) is 0.200. The molecule has 0 saturated carbocycles. The van der Waals surface area contributed by atoms with Gasteiger partial charge in [0.2, 0.25) is 0 Å². The van der Waals surface area contributed by atoms with Crippen LogP contribution in [0.4, 0.5) is 11.4 Å². The van der Waals surface area contributed by atoms with Crippen LogP contribution in [-0.4, -0.2) is 35.8 Å². The molecule has 0 fully saturated rings. The van der Waals surface area contributed by atoms with Crippen molar-refractivity contribution in [3.63, 3.8) is 0 Å². The Kier molecular flexibility index (Phi) is 7.35. The third-order valence-corrected chi connectivity index (χ3v) is 4.90. The van der Waals surface area contributed by atoms with Crippen LogP contribution in [-0.2, 0) is 4.79 Å². The molecule has 5 heteroatoms. The fourth-order valence-electron chi connectivity index (χ4n) is 3.42. The second kappa shape index (κ2) is 10.4. The van der Waals surface area contributed by atoms with Crippen LogP contribution in [0.5, 0.6) is 0 Å². The largest absolute Gasteiger partial charge is 0.324 e. The molecule has 0 aromatic heterocycles. The first-order valence-corrected chi connectivity index (χ1v) is 10.2. The van der Waals surface area contributed by atoms with E-state index < -0.39 is 6.04 Å². The first-order valence-electron chi connectivity index (χ1n) is 10.2. The Hall–Kier alpha value is -3.44. The molecule has 0 saturated heterocycles. The molecule has 0 aliphatic carbocycles. The summed E-state index contributed by atoms with van der Waals surface area (Å²) >= 11 is 0. The van der Waals surface area contributed by atoms with Crippen LogP contribution in [0.3, 0.4) is 0 Å². The van der Waals surface area contributed by atoms with Gasteiger partial charge in [0.05, 0.1) is 5.69 Å². The van der Waals surface area contributed by atoms with Crippen molar-refractivity contribution < 1.29 is 9.59 Å². The molecule has 5 nitrogen and oxygen atoms in total. The van der Waals surface area contributed by atoms with E-state index in [9.17, 15) is 9.59 Å². The third kappa shape index (κ3) is 4.93. The van der Waals surface area contributed by atoms with Gasteiger partial charge in [-0.15, -0.1) is 0 Å². The number of benzene rings is 3. The standard InChI is InChI=1S/C25H27N3O2/c1-3-27(4-2)28(22-18-12-7-13-19-22)23(24(29)20-14-8-5-9-15-20)25(30)26-21-16-10-6-11-17-21/h5-19,23H,3-4H2,1-2H3,(H,26,30). The van der Waals surface area contributed by atoms with Crippen molar-refractivity contribution in [2.24, 2.45) is 0 Å². The zero-order valence-electron chi connectivity index (χ0n) is 17.4. The first-order chi connectivity index (χ1) is 14.7. The van der Waals surface area contributed by atoms with Crippen LogP contribution >= 0.6 is 0 Å². The van der Waals surface area contributed by atoms with E-state index in [2.05, 4.69) is 5.32 Å². The number of anilines is 2. The number of hydrazine groups is 1. The summed E-state index contributed by atoms with van der Waals surface area (Å²) in [7, 11) is 0. The van der Waals surface area contributed by atoms with Gasteiger partial charge < -0.3 is 5.32 Å². The highest BCUT2D eigenvalue weighted by atomic mass is 16.2. The van der Waals surface area contributed by atoms with Crippen LogP contribution in [0.15, 0.2) is 91.0 Å². The number of ketones is 1. The van der Waals surface area contributed by atoms with Crippen molar-refractivity contribution in [2.45, 2.75) is 19.9 Å². The van der Waals surface area contributed by atoms with Crippen molar-refractivity contribution in [3.05, 3.63) is 96.6 Å². The maximum absolute atomic E-state index is 13.6. The first kappa shape index (κ1) is 21.3. The lowest BCUT2D eigenvalue weighted by Gasteiger charge is -2.39. The number of para-hydroxylation sites is 2. The van der Waals surface area contributed by atoms with E-state index in [1.807, 2.05) is 103 Å². The number of nitrogens with zero attached hydrogens (tertiary/aromatic N) is 2. The molecular formula is C25H27N3O2. The summed E-state index contributed by atoms with van der Waals surface area (Å²) in [5.41, 5.74) is 1.94. The van der Waals surface area contributed by atoms with Crippen LogP contribution in [0.1, 0.15) is 24.2 Å². The van der Waals surface area contributed by atoms with E-state index in [-0.39, 0.29) is 11.7 Å². The van der Waals surface area contributed by atoms with E-state index in [1.165, 1.54) is 0 Å². The van der Waals surface area contributed by atoms with Gasteiger partial charge in [-0.3, -0.25) is 14.6 Å². The number of hydrogen-bond donors (Lipinski definition) is 1. The van der Waals surface area contributed by atoms with Gasteiger partial charge in [0.15, 0.2) is 11.8 Å². The van der Waals surface area contributed by atoms with Crippen LogP contribution < -0.4 is 10.3 Å². The van der Waals surface area contributed by atoms with E-state index in [1.54, 1.807) is 12.1 Å². The van der Waals surface area contributed by atoms with Gasteiger partial charge in [-0.05, 0) is 24.3 Å². The zero-order valence-corrected chi connectivity index (χ0v) is 17.4. The minimum absolute atomic E-state index is 0.250. The van der Waals surface area contributed by atoms with Crippen molar-refractivity contribution >= 4 is 23.1 Å². The van der Waals surface area contributed by atoms with E-state index in [0.717, 1.165) is 5.69 Å². The lowest BCUT2D eigenvalue weighted by Crippen LogP contribution is -2.57. The highest BCUT2D eigenvalue weighted by Gasteiger charge is 2.36. The van der Waals surface area contributed by atoms with Gasteiger partial charge >= 0.3 is 0 Å². The van der Waals surface area contributed by atoms with Gasteiger partial charge in [0.1, 0.15) is 0 Å². The SMILES string of the molecule is CCN(CC)N(c1ccccc1)C(C(=O)Nc1ccccc1)C(=O)c1ccccc1. The van der Waals surface area contributed by atoms with Gasteiger partial charge in [-0.1, -0.05) is 80.6 Å². The van der Waals surface area contributed by atoms with E-state index >= 15 is 0 Å². The van der Waals surface area contributed by atoms with Crippen molar-refractivity contribution in [1.82, 2.24) is 5.01 Å². The minimum atomic E-state index is -1.05. The minimum Gasteiger partial charge on any atom is -0.324 e. The van der Waals surface area contributed by atoms with Crippen LogP contribution in [0.2, 0.25) is 0 Å². The quantitative estimate of drug-likeness (QED) is 0.322. The zero-order chi connectivity index (χ0) is 21.3. The summed E-state index contributed by atoms with van der Waals surface area (Å²) in [6.45, 7) is 5.34. The number of amides is 1. The van der Waals surface area contributed by atoms with Gasteiger partial charge in [0.25, 0.3) is 5.91 Å². The molecule has 30 heavy (non-hydrogen) atoms. The Morgan fingerprint density at radius 2 is 1.27 bits per heavy atom. The maximum atomic E-state index is 13.6. The lowest BCUT2D eigenvalue weighted by atomic mass is 10.0. The molecule has 154 valence electrons. The predicted molar refractivity (Wildman–Crippen MR) is 121 cm³/mol. The second-order valence-corrected chi connectivity index (χ2v) is 6.81. The summed E-state index contributed by atoms with van der Waals surface area (Å²) in [5.74, 6) is -0.620. The summed E-state index contributed by atoms with van der Waals surface area (Å²) < 4.78 is 0.